The van der Waals surface area contributed by atoms with Crippen molar-refractivity contribution in [1.29, 1.82) is 0 Å². The molecule has 0 saturated heterocycles. The molecule has 0 aliphatic rings. The number of nitrogens with two attached hydrogens (primary N) is 1. The van der Waals surface area contributed by atoms with Gasteiger partial charge in [0.05, 0.1) is 11.4 Å². The van der Waals surface area contributed by atoms with Crippen LogP contribution in [0.2, 0.25) is 0 Å². The van der Waals surface area contributed by atoms with E-state index in [1.807, 2.05) is 31.2 Å². The Labute approximate surface area is 111 Å². The van der Waals surface area contributed by atoms with Crippen molar-refractivity contribution >= 4 is 11.4 Å². The van der Waals surface area contributed by atoms with Gasteiger partial charge >= 0.3 is 0 Å². The molecule has 0 bridgehead atoms. The number of rotatable bonds is 3. The van der Waals surface area contributed by atoms with Gasteiger partial charge in [0.25, 0.3) is 0 Å². The van der Waals surface area contributed by atoms with Gasteiger partial charge in [-0.15, -0.1) is 0 Å². The Morgan fingerprint density at radius 2 is 1.79 bits per heavy atom. The first-order valence-electron chi connectivity index (χ1n) is 6.00. The lowest BCUT2D eigenvalue weighted by Crippen LogP contribution is -2.20. The number of anilines is 2. The zero-order chi connectivity index (χ0) is 14.0. The van der Waals surface area contributed by atoms with E-state index in [1.165, 1.54) is 6.07 Å². The Morgan fingerprint density at radius 3 is 2.47 bits per heavy atom. The van der Waals surface area contributed by atoms with Crippen LogP contribution >= 0.6 is 0 Å². The molecule has 0 atom stereocenters. The van der Waals surface area contributed by atoms with E-state index in [4.69, 9.17) is 5.73 Å². The summed E-state index contributed by atoms with van der Waals surface area (Å²) in [6, 6.07) is 10.2. The number of nitrogen functional groups attached to an aromatic ring is 1. The number of hydrogen-bond donors (Lipinski definition) is 1. The molecule has 0 amide bonds. The summed E-state index contributed by atoms with van der Waals surface area (Å²) in [5.41, 5.74) is 8.22. The van der Waals surface area contributed by atoms with Crippen LogP contribution in [0.3, 0.4) is 0 Å². The quantitative estimate of drug-likeness (QED) is 0.858. The summed E-state index contributed by atoms with van der Waals surface area (Å²) in [5.74, 6) is -1.79. The number of benzene rings is 2. The normalized spacial score (nSPS) is 10.5. The third kappa shape index (κ3) is 2.67. The van der Waals surface area contributed by atoms with E-state index in [-0.39, 0.29) is 11.4 Å². The summed E-state index contributed by atoms with van der Waals surface area (Å²) in [5, 5.41) is 0. The molecule has 2 aromatic rings. The first-order valence-corrected chi connectivity index (χ1v) is 6.00. The topological polar surface area (TPSA) is 29.3 Å². The molecule has 0 fully saturated rings. The minimum Gasteiger partial charge on any atom is -0.397 e. The van der Waals surface area contributed by atoms with Crippen LogP contribution in [0.5, 0.6) is 0 Å². The summed E-state index contributed by atoms with van der Waals surface area (Å²) in [7, 11) is 1.70. The highest BCUT2D eigenvalue weighted by atomic mass is 19.2. The van der Waals surface area contributed by atoms with Crippen LogP contribution in [-0.2, 0) is 6.54 Å². The minimum atomic E-state index is -0.906. The SMILES string of the molecule is Cc1ccccc1CN(C)c1c(N)ccc(F)c1F. The maximum absolute atomic E-state index is 13.8. The third-order valence-electron chi connectivity index (χ3n) is 3.15. The van der Waals surface area contributed by atoms with Gasteiger partial charge in [-0.3, -0.25) is 0 Å². The largest absolute Gasteiger partial charge is 0.397 e. The van der Waals surface area contributed by atoms with Gasteiger partial charge in [-0.1, -0.05) is 24.3 Å². The minimum absolute atomic E-state index is 0.100. The Balaban J connectivity index is 2.33. The highest BCUT2D eigenvalue weighted by Crippen LogP contribution is 2.29. The third-order valence-corrected chi connectivity index (χ3v) is 3.15. The Morgan fingerprint density at radius 1 is 1.11 bits per heavy atom. The van der Waals surface area contributed by atoms with Crippen LogP contribution in [0.15, 0.2) is 36.4 Å². The highest BCUT2D eigenvalue weighted by molar-refractivity contribution is 5.68. The molecule has 0 unspecified atom stereocenters. The van der Waals surface area contributed by atoms with E-state index >= 15 is 0 Å². The average molecular weight is 262 g/mol. The Bertz CT molecular complexity index is 597. The van der Waals surface area contributed by atoms with Gasteiger partial charge in [-0.25, -0.2) is 8.78 Å². The van der Waals surface area contributed by atoms with Crippen molar-refractivity contribution < 1.29 is 8.78 Å². The van der Waals surface area contributed by atoms with Crippen LogP contribution in [-0.4, -0.2) is 7.05 Å². The van der Waals surface area contributed by atoms with Crippen molar-refractivity contribution in [3.63, 3.8) is 0 Å². The van der Waals surface area contributed by atoms with E-state index in [0.717, 1.165) is 17.2 Å². The molecule has 100 valence electrons. The fraction of sp³-hybridized carbons (Fsp3) is 0.200. The lowest BCUT2D eigenvalue weighted by Gasteiger charge is -2.22. The summed E-state index contributed by atoms with van der Waals surface area (Å²) >= 11 is 0. The molecule has 19 heavy (non-hydrogen) atoms. The molecule has 2 nitrogen and oxygen atoms in total. The molecule has 2 N–H and O–H groups in total. The van der Waals surface area contributed by atoms with E-state index in [0.29, 0.717) is 6.54 Å². The fourth-order valence-electron chi connectivity index (χ4n) is 2.06. The summed E-state index contributed by atoms with van der Waals surface area (Å²) in [6.07, 6.45) is 0. The molecule has 0 radical (unpaired) electrons. The summed E-state index contributed by atoms with van der Waals surface area (Å²) in [6.45, 7) is 2.45. The average Bonchev–Trinajstić information content (AvgIpc) is 2.37. The smallest absolute Gasteiger partial charge is 0.184 e. The summed E-state index contributed by atoms with van der Waals surface area (Å²) < 4.78 is 27.1. The van der Waals surface area contributed by atoms with Gasteiger partial charge in [0.2, 0.25) is 0 Å². The van der Waals surface area contributed by atoms with Crippen LogP contribution in [0.4, 0.5) is 20.2 Å². The van der Waals surface area contributed by atoms with E-state index < -0.39 is 11.6 Å². The van der Waals surface area contributed by atoms with Gasteiger partial charge in [-0.05, 0) is 30.2 Å². The second-order valence-electron chi connectivity index (χ2n) is 4.58. The van der Waals surface area contributed by atoms with E-state index in [1.54, 1.807) is 11.9 Å². The first-order chi connectivity index (χ1) is 9.00. The molecule has 0 saturated carbocycles. The fourth-order valence-corrected chi connectivity index (χ4v) is 2.06. The Hall–Kier alpha value is -2.10. The zero-order valence-electron chi connectivity index (χ0n) is 11.0. The number of nitrogens with zero attached hydrogens (tertiary/aromatic N) is 1. The molecular weight excluding hydrogens is 246 g/mol. The molecule has 0 heterocycles. The van der Waals surface area contributed by atoms with Gasteiger partial charge in [0.15, 0.2) is 11.6 Å². The number of halogens is 2. The lowest BCUT2D eigenvalue weighted by atomic mass is 10.1. The molecular formula is C15H16F2N2. The van der Waals surface area contributed by atoms with Crippen molar-refractivity contribution in [3.05, 3.63) is 59.2 Å². The molecule has 0 spiro atoms. The number of aryl methyl sites for hydroxylation is 1. The van der Waals surface area contributed by atoms with Gasteiger partial charge in [0, 0.05) is 13.6 Å². The zero-order valence-corrected chi connectivity index (χ0v) is 11.0. The van der Waals surface area contributed by atoms with Gasteiger partial charge in [0.1, 0.15) is 0 Å². The maximum Gasteiger partial charge on any atom is 0.184 e. The molecule has 0 aliphatic carbocycles. The maximum atomic E-state index is 13.8. The van der Waals surface area contributed by atoms with Crippen molar-refractivity contribution in [2.45, 2.75) is 13.5 Å². The molecule has 0 aliphatic heterocycles. The predicted octanol–water partition coefficient (Wildman–Crippen LogP) is 3.49. The second kappa shape index (κ2) is 5.26. The summed E-state index contributed by atoms with van der Waals surface area (Å²) in [4.78, 5) is 1.62. The molecule has 0 aromatic heterocycles. The van der Waals surface area contributed by atoms with Crippen LogP contribution in [0.1, 0.15) is 11.1 Å². The van der Waals surface area contributed by atoms with Crippen molar-refractivity contribution in [1.82, 2.24) is 0 Å². The molecule has 4 heteroatoms. The van der Waals surface area contributed by atoms with Gasteiger partial charge in [-0.2, -0.15) is 0 Å². The molecule has 2 rings (SSSR count). The van der Waals surface area contributed by atoms with Crippen LogP contribution in [0, 0.1) is 18.6 Å². The molecule has 2 aromatic carbocycles. The van der Waals surface area contributed by atoms with E-state index in [2.05, 4.69) is 0 Å². The highest BCUT2D eigenvalue weighted by Gasteiger charge is 2.16. The standard InChI is InChI=1S/C15H16F2N2/c1-10-5-3-4-6-11(10)9-19(2)15-13(18)8-7-12(16)14(15)17/h3-8H,9,18H2,1-2H3. The Kier molecular flexibility index (Phi) is 3.69. The monoisotopic (exact) mass is 262 g/mol. The van der Waals surface area contributed by atoms with E-state index in [9.17, 15) is 8.78 Å². The van der Waals surface area contributed by atoms with Crippen molar-refractivity contribution in [2.24, 2.45) is 0 Å². The van der Waals surface area contributed by atoms with Crippen molar-refractivity contribution in [3.8, 4) is 0 Å². The van der Waals surface area contributed by atoms with Crippen molar-refractivity contribution in [2.75, 3.05) is 17.7 Å². The van der Waals surface area contributed by atoms with Crippen LogP contribution < -0.4 is 10.6 Å². The predicted molar refractivity (Wildman–Crippen MR) is 74.1 cm³/mol. The lowest BCUT2D eigenvalue weighted by molar-refractivity contribution is 0.508. The number of hydrogen-bond acceptors (Lipinski definition) is 2. The van der Waals surface area contributed by atoms with Gasteiger partial charge < -0.3 is 10.6 Å². The van der Waals surface area contributed by atoms with Crippen LogP contribution in [0.25, 0.3) is 0 Å². The second-order valence-corrected chi connectivity index (χ2v) is 4.58. The first kappa shape index (κ1) is 13.3.